The summed E-state index contributed by atoms with van der Waals surface area (Å²) in [6, 6.07) is 3.35. The molecule has 0 bridgehead atoms. The van der Waals surface area contributed by atoms with Gasteiger partial charge in [-0.15, -0.1) is 0 Å². The maximum Gasteiger partial charge on any atom is 0.273 e. The molecule has 78 valence electrons. The van der Waals surface area contributed by atoms with Gasteiger partial charge in [-0.3, -0.25) is 9.48 Å². The molecule has 6 nitrogen and oxygen atoms in total. The van der Waals surface area contributed by atoms with Crippen molar-refractivity contribution < 1.29 is 9.32 Å². The Labute approximate surface area is 85.9 Å². The van der Waals surface area contributed by atoms with Crippen LogP contribution in [0.5, 0.6) is 0 Å². The average molecular weight is 206 g/mol. The van der Waals surface area contributed by atoms with Crippen molar-refractivity contribution in [2.24, 2.45) is 0 Å². The zero-order valence-corrected chi connectivity index (χ0v) is 7.96. The Hall–Kier alpha value is -2.11. The lowest BCUT2D eigenvalue weighted by molar-refractivity contribution is 0.0943. The first kappa shape index (κ1) is 9.45. The van der Waals surface area contributed by atoms with E-state index in [2.05, 4.69) is 20.1 Å². The molecule has 2 heterocycles. The van der Waals surface area contributed by atoms with Crippen LogP contribution in [0.25, 0.3) is 0 Å². The minimum Gasteiger partial charge on any atom is -0.364 e. The molecular formula is C9H10N4O2. The van der Waals surface area contributed by atoms with Gasteiger partial charge in [0.2, 0.25) is 0 Å². The van der Waals surface area contributed by atoms with Gasteiger partial charge in [-0.05, 0) is 6.07 Å². The highest BCUT2D eigenvalue weighted by Gasteiger charge is 2.07. The number of aromatic nitrogens is 3. The van der Waals surface area contributed by atoms with Crippen molar-refractivity contribution >= 4 is 5.91 Å². The van der Waals surface area contributed by atoms with Gasteiger partial charge in [0, 0.05) is 25.0 Å². The number of carbonyl (C=O) groups excluding carboxylic acids is 1. The molecular weight excluding hydrogens is 196 g/mol. The molecule has 2 aromatic heterocycles. The predicted molar refractivity (Wildman–Crippen MR) is 51.1 cm³/mol. The van der Waals surface area contributed by atoms with E-state index in [1.165, 1.54) is 12.3 Å². The van der Waals surface area contributed by atoms with Gasteiger partial charge in [0.15, 0.2) is 5.69 Å². The van der Waals surface area contributed by atoms with E-state index in [0.717, 1.165) is 0 Å². The Morgan fingerprint density at radius 3 is 3.20 bits per heavy atom. The molecule has 2 aromatic rings. The quantitative estimate of drug-likeness (QED) is 0.780. The third-order valence-electron chi connectivity index (χ3n) is 1.86. The summed E-state index contributed by atoms with van der Waals surface area (Å²) in [4.78, 5) is 11.4. The highest BCUT2D eigenvalue weighted by Crippen LogP contribution is 1.93. The molecule has 0 unspecified atom stereocenters. The summed E-state index contributed by atoms with van der Waals surface area (Å²) in [6.07, 6.45) is 4.89. The van der Waals surface area contributed by atoms with Crippen molar-refractivity contribution in [1.82, 2.24) is 20.3 Å². The van der Waals surface area contributed by atoms with Gasteiger partial charge in [-0.25, -0.2) is 0 Å². The summed E-state index contributed by atoms with van der Waals surface area (Å²) < 4.78 is 6.30. The van der Waals surface area contributed by atoms with Crippen LogP contribution in [0.15, 0.2) is 35.3 Å². The number of rotatable bonds is 4. The average Bonchev–Trinajstić information content (AvgIpc) is 2.90. The normalized spacial score (nSPS) is 10.1. The highest BCUT2D eigenvalue weighted by atomic mass is 16.5. The van der Waals surface area contributed by atoms with Gasteiger partial charge in [0.05, 0.1) is 6.54 Å². The fourth-order valence-electron chi connectivity index (χ4n) is 1.14. The Balaban J connectivity index is 1.77. The molecule has 2 rings (SSSR count). The van der Waals surface area contributed by atoms with E-state index >= 15 is 0 Å². The smallest absolute Gasteiger partial charge is 0.273 e. The maximum atomic E-state index is 11.4. The SMILES string of the molecule is O=C(NCCn1cccn1)c1ccon1. The van der Waals surface area contributed by atoms with Crippen molar-refractivity contribution in [3.8, 4) is 0 Å². The van der Waals surface area contributed by atoms with Crippen LogP contribution in [0.2, 0.25) is 0 Å². The molecule has 0 spiro atoms. The minimum absolute atomic E-state index is 0.240. The Bertz CT molecular complexity index is 407. The second-order valence-electron chi connectivity index (χ2n) is 2.91. The monoisotopic (exact) mass is 206 g/mol. The van der Waals surface area contributed by atoms with E-state index in [-0.39, 0.29) is 11.6 Å². The first-order chi connectivity index (χ1) is 7.36. The fraction of sp³-hybridized carbons (Fsp3) is 0.222. The zero-order chi connectivity index (χ0) is 10.5. The third kappa shape index (κ3) is 2.43. The number of nitrogens with zero attached hydrogens (tertiary/aromatic N) is 3. The number of hydrogen-bond donors (Lipinski definition) is 1. The summed E-state index contributed by atoms with van der Waals surface area (Å²) in [5.74, 6) is -0.240. The van der Waals surface area contributed by atoms with Crippen molar-refractivity contribution in [3.63, 3.8) is 0 Å². The lowest BCUT2D eigenvalue weighted by Gasteiger charge is -2.02. The third-order valence-corrected chi connectivity index (χ3v) is 1.86. The van der Waals surface area contributed by atoms with Gasteiger partial charge in [0.1, 0.15) is 6.26 Å². The largest absolute Gasteiger partial charge is 0.364 e. The van der Waals surface area contributed by atoms with Gasteiger partial charge in [-0.2, -0.15) is 5.10 Å². The summed E-state index contributed by atoms with van der Waals surface area (Å²) >= 11 is 0. The lowest BCUT2D eigenvalue weighted by Crippen LogP contribution is -2.27. The van der Waals surface area contributed by atoms with Crippen LogP contribution in [-0.2, 0) is 6.54 Å². The molecule has 0 saturated carbocycles. The molecule has 0 aromatic carbocycles. The van der Waals surface area contributed by atoms with E-state index in [1.54, 1.807) is 10.9 Å². The summed E-state index contributed by atoms with van der Waals surface area (Å²) in [6.45, 7) is 1.14. The molecule has 1 N–H and O–H groups in total. The van der Waals surface area contributed by atoms with Crippen molar-refractivity contribution in [2.45, 2.75) is 6.54 Å². The summed E-state index contributed by atoms with van der Waals surface area (Å²) in [5.41, 5.74) is 0.287. The van der Waals surface area contributed by atoms with Gasteiger partial charge < -0.3 is 9.84 Å². The second kappa shape index (κ2) is 4.41. The van der Waals surface area contributed by atoms with E-state index in [4.69, 9.17) is 0 Å². The van der Waals surface area contributed by atoms with Crippen LogP contribution in [0.3, 0.4) is 0 Å². The van der Waals surface area contributed by atoms with E-state index in [1.807, 2.05) is 12.3 Å². The molecule has 6 heteroatoms. The molecule has 0 atom stereocenters. The van der Waals surface area contributed by atoms with Crippen molar-refractivity contribution in [1.29, 1.82) is 0 Å². The Kier molecular flexibility index (Phi) is 2.77. The van der Waals surface area contributed by atoms with Crippen LogP contribution in [0.4, 0.5) is 0 Å². The van der Waals surface area contributed by atoms with E-state index in [9.17, 15) is 4.79 Å². The molecule has 0 aliphatic rings. The molecule has 0 aliphatic carbocycles. The van der Waals surface area contributed by atoms with Gasteiger partial charge in [0.25, 0.3) is 5.91 Å². The van der Waals surface area contributed by atoms with E-state index in [0.29, 0.717) is 13.1 Å². The molecule has 0 aliphatic heterocycles. The van der Waals surface area contributed by atoms with Crippen LogP contribution >= 0.6 is 0 Å². The molecule has 0 fully saturated rings. The summed E-state index contributed by atoms with van der Waals surface area (Å²) in [5, 5.41) is 10.2. The van der Waals surface area contributed by atoms with Gasteiger partial charge in [-0.1, -0.05) is 5.16 Å². The molecule has 0 saturated heterocycles. The van der Waals surface area contributed by atoms with Crippen molar-refractivity contribution in [3.05, 3.63) is 36.5 Å². The Morgan fingerprint density at radius 1 is 1.60 bits per heavy atom. The molecule has 15 heavy (non-hydrogen) atoms. The lowest BCUT2D eigenvalue weighted by atomic mass is 10.4. The predicted octanol–water partition coefficient (Wildman–Crippen LogP) is 0.301. The second-order valence-corrected chi connectivity index (χ2v) is 2.91. The topological polar surface area (TPSA) is 73.0 Å². The minimum atomic E-state index is -0.240. The fourth-order valence-corrected chi connectivity index (χ4v) is 1.14. The molecule has 1 amide bonds. The molecule has 0 radical (unpaired) electrons. The van der Waals surface area contributed by atoms with Crippen LogP contribution in [0, 0.1) is 0 Å². The maximum absolute atomic E-state index is 11.4. The number of carbonyl (C=O) groups is 1. The first-order valence-corrected chi connectivity index (χ1v) is 4.52. The Morgan fingerprint density at radius 2 is 2.53 bits per heavy atom. The number of amides is 1. The van der Waals surface area contributed by atoms with Crippen LogP contribution in [-0.4, -0.2) is 27.4 Å². The number of nitrogens with one attached hydrogen (secondary N) is 1. The highest BCUT2D eigenvalue weighted by molar-refractivity contribution is 5.91. The summed E-state index contributed by atoms with van der Waals surface area (Å²) in [7, 11) is 0. The van der Waals surface area contributed by atoms with Crippen molar-refractivity contribution in [2.75, 3.05) is 6.54 Å². The van der Waals surface area contributed by atoms with Gasteiger partial charge >= 0.3 is 0 Å². The van der Waals surface area contributed by atoms with E-state index < -0.39 is 0 Å². The number of hydrogen-bond acceptors (Lipinski definition) is 4. The zero-order valence-electron chi connectivity index (χ0n) is 7.96. The van der Waals surface area contributed by atoms with Crippen LogP contribution < -0.4 is 5.32 Å². The van der Waals surface area contributed by atoms with Crippen LogP contribution in [0.1, 0.15) is 10.5 Å². The standard InChI is InChI=1S/C9H10N4O2/c14-9(8-2-7-15-12-8)10-4-6-13-5-1-3-11-13/h1-3,5,7H,4,6H2,(H,10,14). The first-order valence-electron chi connectivity index (χ1n) is 4.52.